The zero-order chi connectivity index (χ0) is 19.9. The van der Waals surface area contributed by atoms with Crippen LogP contribution >= 0.6 is 35.6 Å². The third kappa shape index (κ3) is 7.61. The highest BCUT2D eigenvalue weighted by molar-refractivity contribution is 14.0. The second-order valence-corrected chi connectivity index (χ2v) is 8.15. The molecule has 4 N–H and O–H groups in total. The molecule has 0 saturated heterocycles. The lowest BCUT2D eigenvalue weighted by Gasteiger charge is -2.30. The number of amides is 1. The first-order valence-electron chi connectivity index (χ1n) is 10.3. The Bertz CT molecular complexity index is 699. The van der Waals surface area contributed by atoms with E-state index in [4.69, 9.17) is 11.6 Å². The molecule has 1 amide bonds. The topological polar surface area (TPSA) is 85.8 Å². The molecule has 3 rings (SSSR count). The van der Waals surface area contributed by atoms with Gasteiger partial charge in [-0.05, 0) is 45.1 Å². The summed E-state index contributed by atoms with van der Waals surface area (Å²) in [5.74, 6) is 0.940. The summed E-state index contributed by atoms with van der Waals surface area (Å²) in [4.78, 5) is 16.9. The fourth-order valence-electron chi connectivity index (χ4n) is 3.64. The first kappa shape index (κ1) is 24.2. The minimum Gasteiger partial charge on any atom is -0.386 e. The van der Waals surface area contributed by atoms with Crippen LogP contribution in [0, 0.1) is 5.92 Å². The first-order chi connectivity index (χ1) is 13.6. The van der Waals surface area contributed by atoms with Crippen molar-refractivity contribution in [2.45, 2.75) is 63.6 Å². The molecular weight excluding hydrogens is 503 g/mol. The van der Waals surface area contributed by atoms with E-state index >= 15 is 0 Å². The number of nitrogens with one attached hydrogen (secondary N) is 3. The average Bonchev–Trinajstić information content (AvgIpc) is 3.50. The lowest BCUT2D eigenvalue weighted by molar-refractivity contribution is -0.126. The second-order valence-electron chi connectivity index (χ2n) is 7.74. The van der Waals surface area contributed by atoms with Crippen LogP contribution in [0.4, 0.5) is 0 Å². The summed E-state index contributed by atoms with van der Waals surface area (Å²) < 4.78 is 0. The number of aliphatic hydroxyl groups is 1. The number of nitrogens with zero attached hydrogens (tertiary/aromatic N) is 1. The molecule has 2 fully saturated rings. The van der Waals surface area contributed by atoms with E-state index in [1.165, 1.54) is 0 Å². The number of carbonyl (C=O) groups excluding carboxylic acids is 1. The molecule has 0 bridgehead atoms. The predicted molar refractivity (Wildman–Crippen MR) is 128 cm³/mol. The molecule has 0 radical (unpaired) electrons. The van der Waals surface area contributed by atoms with Gasteiger partial charge in [0.25, 0.3) is 0 Å². The van der Waals surface area contributed by atoms with Crippen molar-refractivity contribution >= 4 is 47.4 Å². The maximum Gasteiger partial charge on any atom is 0.223 e. The summed E-state index contributed by atoms with van der Waals surface area (Å²) in [5.41, 5.74) is 0.679. The van der Waals surface area contributed by atoms with Gasteiger partial charge in [-0.25, -0.2) is 0 Å². The molecule has 8 heteroatoms. The van der Waals surface area contributed by atoms with Gasteiger partial charge < -0.3 is 21.1 Å². The summed E-state index contributed by atoms with van der Waals surface area (Å²) in [6.45, 7) is 2.96. The van der Waals surface area contributed by atoms with Gasteiger partial charge in [0, 0.05) is 35.1 Å². The molecule has 162 valence electrons. The molecule has 0 aromatic heterocycles. The predicted octanol–water partition coefficient (Wildman–Crippen LogP) is 3.38. The van der Waals surface area contributed by atoms with Crippen LogP contribution in [0.3, 0.4) is 0 Å². The molecular formula is C21H32ClIN4O2. The fraction of sp³-hybridized carbons (Fsp3) is 0.619. The number of halogens is 2. The van der Waals surface area contributed by atoms with E-state index in [1.54, 1.807) is 6.07 Å². The third-order valence-electron chi connectivity index (χ3n) is 5.34. The van der Waals surface area contributed by atoms with Crippen molar-refractivity contribution in [3.05, 3.63) is 34.9 Å². The number of aliphatic imine (C=N–C) groups is 1. The number of aliphatic hydroxyl groups excluding tert-OH is 1. The van der Waals surface area contributed by atoms with Gasteiger partial charge in [0.2, 0.25) is 5.91 Å². The van der Waals surface area contributed by atoms with Crippen LogP contribution in [0.2, 0.25) is 5.02 Å². The van der Waals surface area contributed by atoms with Gasteiger partial charge in [-0.1, -0.05) is 36.2 Å². The van der Waals surface area contributed by atoms with Gasteiger partial charge >= 0.3 is 0 Å². The summed E-state index contributed by atoms with van der Waals surface area (Å²) >= 11 is 6.16. The van der Waals surface area contributed by atoms with Gasteiger partial charge in [0.05, 0.1) is 6.54 Å². The number of benzene rings is 1. The van der Waals surface area contributed by atoms with Gasteiger partial charge in [-0.15, -0.1) is 24.0 Å². The fourth-order valence-corrected chi connectivity index (χ4v) is 3.90. The molecule has 0 spiro atoms. The van der Waals surface area contributed by atoms with E-state index in [-0.39, 0.29) is 48.4 Å². The van der Waals surface area contributed by atoms with E-state index in [0.29, 0.717) is 22.6 Å². The third-order valence-corrected chi connectivity index (χ3v) is 5.68. The summed E-state index contributed by atoms with van der Waals surface area (Å²) in [6.07, 6.45) is 5.29. The molecule has 3 unspecified atom stereocenters. The maximum atomic E-state index is 12.4. The molecule has 1 aromatic rings. The Hall–Kier alpha value is -1.06. The van der Waals surface area contributed by atoms with Crippen molar-refractivity contribution in [3.63, 3.8) is 0 Å². The van der Waals surface area contributed by atoms with Crippen molar-refractivity contribution < 1.29 is 9.90 Å². The summed E-state index contributed by atoms with van der Waals surface area (Å²) in [5, 5.41) is 20.8. The highest BCUT2D eigenvalue weighted by Gasteiger charge is 2.31. The highest BCUT2D eigenvalue weighted by Crippen LogP contribution is 2.27. The summed E-state index contributed by atoms with van der Waals surface area (Å²) in [7, 11) is 0. The minimum absolute atomic E-state index is 0. The SMILES string of the molecule is CCNC(=NCC(O)c1ccccc1Cl)NC1CCCC(C(=O)NC2CC2)C1.I. The Morgan fingerprint density at radius 1 is 1.21 bits per heavy atom. The van der Waals surface area contributed by atoms with E-state index in [1.807, 2.05) is 25.1 Å². The molecule has 2 aliphatic rings. The van der Waals surface area contributed by atoms with Crippen LogP contribution in [0.15, 0.2) is 29.3 Å². The molecule has 3 atom stereocenters. The molecule has 29 heavy (non-hydrogen) atoms. The molecule has 1 aromatic carbocycles. The van der Waals surface area contributed by atoms with E-state index in [9.17, 15) is 9.90 Å². The number of rotatable bonds is 7. The van der Waals surface area contributed by atoms with Crippen LogP contribution < -0.4 is 16.0 Å². The van der Waals surface area contributed by atoms with E-state index < -0.39 is 6.10 Å². The Balaban J connectivity index is 0.00000300. The zero-order valence-corrected chi connectivity index (χ0v) is 20.0. The Kier molecular flexibility index (Phi) is 9.98. The largest absolute Gasteiger partial charge is 0.386 e. The number of guanidine groups is 1. The lowest BCUT2D eigenvalue weighted by atomic mass is 9.85. The van der Waals surface area contributed by atoms with Crippen molar-refractivity contribution in [1.82, 2.24) is 16.0 Å². The maximum absolute atomic E-state index is 12.4. The standard InChI is InChI=1S/C21H31ClN4O2.HI/c1-2-23-21(24-13-19(27)17-8-3-4-9-18(17)22)26-16-7-5-6-14(12-16)20(28)25-15-10-11-15;/h3-4,8-9,14-16,19,27H,2,5-7,10-13H2,1H3,(H,25,28)(H2,23,24,26);1H. The molecule has 0 aliphatic heterocycles. The van der Waals surface area contributed by atoms with Gasteiger partial charge in [-0.3, -0.25) is 9.79 Å². The quantitative estimate of drug-likeness (QED) is 0.245. The Labute approximate surface area is 195 Å². The molecule has 6 nitrogen and oxygen atoms in total. The average molecular weight is 535 g/mol. The van der Waals surface area contributed by atoms with Crippen molar-refractivity contribution in [2.24, 2.45) is 10.9 Å². The van der Waals surface area contributed by atoms with E-state index in [2.05, 4.69) is 20.9 Å². The number of carbonyl (C=O) groups is 1. The van der Waals surface area contributed by atoms with Crippen molar-refractivity contribution in [2.75, 3.05) is 13.1 Å². The number of hydrogen-bond donors (Lipinski definition) is 4. The normalized spacial score (nSPS) is 22.9. The summed E-state index contributed by atoms with van der Waals surface area (Å²) in [6, 6.07) is 7.89. The zero-order valence-electron chi connectivity index (χ0n) is 16.9. The van der Waals surface area contributed by atoms with Gasteiger partial charge in [0.15, 0.2) is 5.96 Å². The monoisotopic (exact) mass is 534 g/mol. The van der Waals surface area contributed by atoms with Crippen LogP contribution in [0.25, 0.3) is 0 Å². The van der Waals surface area contributed by atoms with Crippen LogP contribution in [0.5, 0.6) is 0 Å². The lowest BCUT2D eigenvalue weighted by Crippen LogP contribution is -2.47. The Morgan fingerprint density at radius 3 is 2.66 bits per heavy atom. The van der Waals surface area contributed by atoms with Crippen molar-refractivity contribution in [3.8, 4) is 0 Å². The first-order valence-corrected chi connectivity index (χ1v) is 10.7. The second kappa shape index (κ2) is 12.0. The highest BCUT2D eigenvalue weighted by atomic mass is 127. The van der Waals surface area contributed by atoms with Crippen molar-refractivity contribution in [1.29, 1.82) is 0 Å². The Morgan fingerprint density at radius 2 is 1.97 bits per heavy atom. The van der Waals surface area contributed by atoms with E-state index in [0.717, 1.165) is 45.1 Å². The number of hydrogen-bond acceptors (Lipinski definition) is 3. The molecule has 2 aliphatic carbocycles. The van der Waals surface area contributed by atoms with Crippen LogP contribution in [-0.4, -0.2) is 42.1 Å². The smallest absolute Gasteiger partial charge is 0.223 e. The van der Waals surface area contributed by atoms with Crippen LogP contribution in [0.1, 0.15) is 57.1 Å². The molecule has 0 heterocycles. The minimum atomic E-state index is -0.757. The van der Waals surface area contributed by atoms with Gasteiger partial charge in [0.1, 0.15) is 6.10 Å². The van der Waals surface area contributed by atoms with Gasteiger partial charge in [-0.2, -0.15) is 0 Å². The van der Waals surface area contributed by atoms with Crippen LogP contribution in [-0.2, 0) is 4.79 Å². The molecule has 2 saturated carbocycles.